The molecular formula is C17H17NO. The SMILES string of the molecule is CC(=N\O)/C(=C/c1ccccc1)Cc1ccccc1. The molecule has 0 radical (unpaired) electrons. The van der Waals surface area contributed by atoms with E-state index in [9.17, 15) is 0 Å². The van der Waals surface area contributed by atoms with E-state index in [1.54, 1.807) is 0 Å². The zero-order valence-corrected chi connectivity index (χ0v) is 11.0. The van der Waals surface area contributed by atoms with E-state index in [1.165, 1.54) is 5.56 Å². The van der Waals surface area contributed by atoms with Crippen molar-refractivity contribution >= 4 is 11.8 Å². The topological polar surface area (TPSA) is 32.6 Å². The van der Waals surface area contributed by atoms with Crippen LogP contribution in [0.4, 0.5) is 0 Å². The molecule has 0 aromatic heterocycles. The first kappa shape index (κ1) is 13.1. The molecule has 1 N–H and O–H groups in total. The van der Waals surface area contributed by atoms with E-state index >= 15 is 0 Å². The van der Waals surface area contributed by atoms with Crippen molar-refractivity contribution in [3.05, 3.63) is 77.4 Å². The average molecular weight is 251 g/mol. The summed E-state index contributed by atoms with van der Waals surface area (Å²) in [5.74, 6) is 0. The Morgan fingerprint density at radius 1 is 1.00 bits per heavy atom. The first-order chi connectivity index (χ1) is 9.29. The summed E-state index contributed by atoms with van der Waals surface area (Å²) in [5.41, 5.74) is 3.97. The van der Waals surface area contributed by atoms with Crippen molar-refractivity contribution in [2.45, 2.75) is 13.3 Å². The second-order valence-corrected chi connectivity index (χ2v) is 4.43. The Morgan fingerprint density at radius 2 is 1.58 bits per heavy atom. The highest BCUT2D eigenvalue weighted by molar-refractivity contribution is 6.02. The van der Waals surface area contributed by atoms with E-state index in [0.29, 0.717) is 5.71 Å². The number of allylic oxidation sites excluding steroid dienone is 1. The molecule has 0 aliphatic rings. The summed E-state index contributed by atoms with van der Waals surface area (Å²) < 4.78 is 0. The van der Waals surface area contributed by atoms with Gasteiger partial charge in [-0.1, -0.05) is 65.8 Å². The van der Waals surface area contributed by atoms with Crippen molar-refractivity contribution in [1.82, 2.24) is 0 Å². The highest BCUT2D eigenvalue weighted by Gasteiger charge is 2.04. The third-order valence-electron chi connectivity index (χ3n) is 2.99. The number of hydrogen-bond donors (Lipinski definition) is 1. The minimum absolute atomic E-state index is 0.646. The molecule has 0 fully saturated rings. The Morgan fingerprint density at radius 3 is 2.16 bits per heavy atom. The molecule has 0 aliphatic heterocycles. The minimum Gasteiger partial charge on any atom is -0.411 e. The van der Waals surface area contributed by atoms with E-state index < -0.39 is 0 Å². The molecule has 96 valence electrons. The van der Waals surface area contributed by atoms with Crippen molar-refractivity contribution in [3.63, 3.8) is 0 Å². The monoisotopic (exact) mass is 251 g/mol. The molecule has 2 nitrogen and oxygen atoms in total. The quantitative estimate of drug-likeness (QED) is 0.494. The van der Waals surface area contributed by atoms with Gasteiger partial charge in [0, 0.05) is 0 Å². The number of benzene rings is 2. The lowest BCUT2D eigenvalue weighted by molar-refractivity contribution is 0.319. The Balaban J connectivity index is 2.30. The van der Waals surface area contributed by atoms with E-state index in [-0.39, 0.29) is 0 Å². The van der Waals surface area contributed by atoms with Gasteiger partial charge in [0.15, 0.2) is 0 Å². The van der Waals surface area contributed by atoms with E-state index in [0.717, 1.165) is 17.6 Å². The molecular weight excluding hydrogens is 234 g/mol. The van der Waals surface area contributed by atoms with Gasteiger partial charge in [0.25, 0.3) is 0 Å². The van der Waals surface area contributed by atoms with Crippen LogP contribution >= 0.6 is 0 Å². The van der Waals surface area contributed by atoms with Crippen molar-refractivity contribution in [2.75, 3.05) is 0 Å². The molecule has 2 heteroatoms. The first-order valence-corrected chi connectivity index (χ1v) is 6.28. The average Bonchev–Trinajstić information content (AvgIpc) is 2.48. The Kier molecular flexibility index (Phi) is 4.51. The van der Waals surface area contributed by atoms with Gasteiger partial charge in [-0.2, -0.15) is 0 Å². The lowest BCUT2D eigenvalue weighted by Crippen LogP contribution is -2.01. The molecule has 0 saturated heterocycles. The van der Waals surface area contributed by atoms with Crippen LogP contribution in [-0.4, -0.2) is 10.9 Å². The third kappa shape index (κ3) is 3.81. The molecule has 0 heterocycles. The van der Waals surface area contributed by atoms with E-state index in [1.807, 2.05) is 55.5 Å². The van der Waals surface area contributed by atoms with Gasteiger partial charge in [-0.25, -0.2) is 0 Å². The summed E-state index contributed by atoms with van der Waals surface area (Å²) in [7, 11) is 0. The van der Waals surface area contributed by atoms with Crippen LogP contribution in [0.15, 0.2) is 71.4 Å². The minimum atomic E-state index is 0.646. The molecule has 0 unspecified atom stereocenters. The van der Waals surface area contributed by atoms with Gasteiger partial charge in [-0.05, 0) is 36.1 Å². The number of oxime groups is 1. The molecule has 0 bridgehead atoms. The zero-order chi connectivity index (χ0) is 13.5. The van der Waals surface area contributed by atoms with Crippen LogP contribution in [0.25, 0.3) is 6.08 Å². The Labute approximate surface area is 113 Å². The van der Waals surface area contributed by atoms with Gasteiger partial charge in [-0.15, -0.1) is 0 Å². The summed E-state index contributed by atoms with van der Waals surface area (Å²) in [6, 6.07) is 20.2. The summed E-state index contributed by atoms with van der Waals surface area (Å²) in [6.45, 7) is 1.82. The second kappa shape index (κ2) is 6.55. The molecule has 0 aliphatic carbocycles. The van der Waals surface area contributed by atoms with E-state index in [4.69, 9.17) is 5.21 Å². The standard InChI is InChI=1S/C17H17NO/c1-14(18-19)17(12-15-8-4-2-5-9-15)13-16-10-6-3-7-11-16/h2-12,19H,13H2,1H3/b17-12+,18-14+. The summed E-state index contributed by atoms with van der Waals surface area (Å²) >= 11 is 0. The van der Waals surface area contributed by atoms with Gasteiger partial charge >= 0.3 is 0 Å². The van der Waals surface area contributed by atoms with Crippen LogP contribution < -0.4 is 0 Å². The molecule has 2 aromatic rings. The maximum atomic E-state index is 9.01. The van der Waals surface area contributed by atoms with Crippen LogP contribution in [0.3, 0.4) is 0 Å². The van der Waals surface area contributed by atoms with Crippen molar-refractivity contribution in [2.24, 2.45) is 5.16 Å². The largest absolute Gasteiger partial charge is 0.411 e. The lowest BCUT2D eigenvalue weighted by Gasteiger charge is -2.07. The fourth-order valence-electron chi connectivity index (χ4n) is 1.91. The van der Waals surface area contributed by atoms with Crippen LogP contribution in [0, 0.1) is 0 Å². The predicted octanol–water partition coefficient (Wildman–Crippen LogP) is 4.16. The summed E-state index contributed by atoms with van der Waals surface area (Å²) in [5, 5.41) is 12.3. The molecule has 0 spiro atoms. The van der Waals surface area contributed by atoms with Gasteiger partial charge in [0.2, 0.25) is 0 Å². The molecule has 2 rings (SSSR count). The van der Waals surface area contributed by atoms with E-state index in [2.05, 4.69) is 23.4 Å². The smallest absolute Gasteiger partial charge is 0.0800 e. The van der Waals surface area contributed by atoms with Gasteiger partial charge in [0.1, 0.15) is 0 Å². The first-order valence-electron chi connectivity index (χ1n) is 6.28. The molecule has 2 aromatic carbocycles. The fraction of sp³-hybridized carbons (Fsp3) is 0.118. The molecule has 0 atom stereocenters. The molecule has 0 saturated carbocycles. The second-order valence-electron chi connectivity index (χ2n) is 4.43. The lowest BCUT2D eigenvalue weighted by atomic mass is 9.99. The van der Waals surface area contributed by atoms with Gasteiger partial charge in [0.05, 0.1) is 5.71 Å². The van der Waals surface area contributed by atoms with Crippen molar-refractivity contribution < 1.29 is 5.21 Å². The van der Waals surface area contributed by atoms with Crippen LogP contribution in [0.1, 0.15) is 18.1 Å². The number of rotatable bonds is 4. The Hall–Kier alpha value is -2.35. The van der Waals surface area contributed by atoms with Gasteiger partial charge < -0.3 is 5.21 Å². The maximum absolute atomic E-state index is 9.01. The summed E-state index contributed by atoms with van der Waals surface area (Å²) in [6.07, 6.45) is 2.81. The van der Waals surface area contributed by atoms with Crippen LogP contribution in [0.5, 0.6) is 0 Å². The number of hydrogen-bond acceptors (Lipinski definition) is 2. The van der Waals surface area contributed by atoms with Crippen molar-refractivity contribution in [1.29, 1.82) is 0 Å². The highest BCUT2D eigenvalue weighted by atomic mass is 16.4. The van der Waals surface area contributed by atoms with Crippen LogP contribution in [-0.2, 0) is 6.42 Å². The van der Waals surface area contributed by atoms with Gasteiger partial charge in [-0.3, -0.25) is 0 Å². The number of nitrogens with zero attached hydrogens (tertiary/aromatic N) is 1. The molecule has 19 heavy (non-hydrogen) atoms. The zero-order valence-electron chi connectivity index (χ0n) is 11.0. The maximum Gasteiger partial charge on any atom is 0.0800 e. The van der Waals surface area contributed by atoms with Crippen molar-refractivity contribution in [3.8, 4) is 0 Å². The third-order valence-corrected chi connectivity index (χ3v) is 2.99. The van der Waals surface area contributed by atoms with Crippen LogP contribution in [0.2, 0.25) is 0 Å². The Bertz CT molecular complexity index is 571. The highest BCUT2D eigenvalue weighted by Crippen LogP contribution is 2.14. The predicted molar refractivity (Wildman–Crippen MR) is 79.5 cm³/mol. The summed E-state index contributed by atoms with van der Waals surface area (Å²) in [4.78, 5) is 0. The molecule has 0 amide bonds. The normalized spacial score (nSPS) is 12.5. The fourth-order valence-corrected chi connectivity index (χ4v) is 1.91.